The summed E-state index contributed by atoms with van der Waals surface area (Å²) in [5.74, 6) is 0.390. The van der Waals surface area contributed by atoms with E-state index in [0.717, 1.165) is 22.4 Å². The van der Waals surface area contributed by atoms with Gasteiger partial charge in [0.15, 0.2) is 0 Å². The number of nitrogens with one attached hydrogen (secondary N) is 1. The molecule has 7 nitrogen and oxygen atoms in total. The predicted octanol–water partition coefficient (Wildman–Crippen LogP) is 4.87. The lowest BCUT2D eigenvalue weighted by Gasteiger charge is -2.45. The number of aryl methyl sites for hydroxylation is 1. The fraction of sp³-hybridized carbons (Fsp3) is 0.391. The van der Waals surface area contributed by atoms with Crippen molar-refractivity contribution in [3.05, 3.63) is 63.2 Å². The van der Waals surface area contributed by atoms with Crippen molar-refractivity contribution >= 4 is 35.3 Å². The van der Waals surface area contributed by atoms with E-state index in [1.165, 1.54) is 35.1 Å². The van der Waals surface area contributed by atoms with Crippen LogP contribution in [0.4, 0.5) is 11.4 Å². The SMILES string of the molecule is Cc1cc2c(cc1/C=N\NC(=O)CSc1ccc([N+](=O)[O-])cc1)[C@H](C)CC(C)(C)N2C. The van der Waals surface area contributed by atoms with Gasteiger partial charge in [-0.15, -0.1) is 11.8 Å². The quantitative estimate of drug-likeness (QED) is 0.300. The van der Waals surface area contributed by atoms with Crippen LogP contribution in [0.25, 0.3) is 0 Å². The predicted molar refractivity (Wildman–Crippen MR) is 126 cm³/mol. The second-order valence-corrected chi connectivity index (χ2v) is 9.63. The van der Waals surface area contributed by atoms with E-state index in [0.29, 0.717) is 5.92 Å². The average molecular weight is 441 g/mol. The molecule has 2 aromatic rings. The first-order chi connectivity index (χ1) is 14.6. The zero-order valence-electron chi connectivity index (χ0n) is 18.5. The first-order valence-electron chi connectivity index (χ1n) is 10.2. The summed E-state index contributed by atoms with van der Waals surface area (Å²) in [6.07, 6.45) is 2.77. The van der Waals surface area contributed by atoms with Gasteiger partial charge in [-0.1, -0.05) is 6.92 Å². The summed E-state index contributed by atoms with van der Waals surface area (Å²) in [5.41, 5.74) is 7.35. The number of amides is 1. The molecule has 3 rings (SSSR count). The van der Waals surface area contributed by atoms with Crippen molar-refractivity contribution in [2.24, 2.45) is 5.10 Å². The van der Waals surface area contributed by atoms with Crippen LogP contribution >= 0.6 is 11.8 Å². The number of hydrogen-bond acceptors (Lipinski definition) is 6. The van der Waals surface area contributed by atoms with Crippen LogP contribution in [0.5, 0.6) is 0 Å². The Morgan fingerprint density at radius 3 is 2.68 bits per heavy atom. The molecule has 0 fully saturated rings. The maximum atomic E-state index is 12.1. The summed E-state index contributed by atoms with van der Waals surface area (Å²) in [4.78, 5) is 25.5. The molecule has 1 heterocycles. The molecule has 31 heavy (non-hydrogen) atoms. The highest BCUT2D eigenvalue weighted by Crippen LogP contribution is 2.43. The van der Waals surface area contributed by atoms with E-state index in [1.807, 2.05) is 6.92 Å². The number of nitro benzene ring substituents is 1. The number of fused-ring (bicyclic) bond motifs is 1. The summed E-state index contributed by atoms with van der Waals surface area (Å²) >= 11 is 1.30. The maximum Gasteiger partial charge on any atom is 0.269 e. The molecule has 0 saturated heterocycles. The zero-order valence-corrected chi connectivity index (χ0v) is 19.3. The van der Waals surface area contributed by atoms with E-state index >= 15 is 0 Å². The molecule has 164 valence electrons. The van der Waals surface area contributed by atoms with Crippen LogP contribution in [0.15, 0.2) is 46.4 Å². The Labute approximate surface area is 187 Å². The van der Waals surface area contributed by atoms with Gasteiger partial charge in [0.1, 0.15) is 0 Å². The van der Waals surface area contributed by atoms with Crippen LogP contribution in [0.2, 0.25) is 0 Å². The molecule has 1 N–H and O–H groups in total. The molecule has 1 atom stereocenters. The molecule has 1 amide bonds. The van der Waals surface area contributed by atoms with Gasteiger partial charge in [0.05, 0.1) is 16.9 Å². The summed E-state index contributed by atoms with van der Waals surface area (Å²) in [5, 5.41) is 14.8. The molecule has 0 saturated carbocycles. The maximum absolute atomic E-state index is 12.1. The number of nitro groups is 1. The van der Waals surface area contributed by atoms with Crippen LogP contribution in [0.1, 0.15) is 49.8 Å². The van der Waals surface area contributed by atoms with Gasteiger partial charge in [0.2, 0.25) is 5.91 Å². The summed E-state index contributed by atoms with van der Waals surface area (Å²) in [7, 11) is 2.14. The lowest BCUT2D eigenvalue weighted by Crippen LogP contribution is -2.45. The van der Waals surface area contributed by atoms with Crippen molar-refractivity contribution in [1.29, 1.82) is 0 Å². The number of non-ortho nitro benzene ring substituents is 1. The smallest absolute Gasteiger partial charge is 0.269 e. The van der Waals surface area contributed by atoms with E-state index < -0.39 is 4.92 Å². The van der Waals surface area contributed by atoms with Crippen LogP contribution < -0.4 is 10.3 Å². The molecule has 0 aliphatic carbocycles. The second-order valence-electron chi connectivity index (χ2n) is 8.58. The third-order valence-electron chi connectivity index (χ3n) is 5.83. The molecule has 0 unspecified atom stereocenters. The molecular formula is C23H28N4O3S. The molecule has 1 aliphatic rings. The van der Waals surface area contributed by atoms with Gasteiger partial charge in [0.25, 0.3) is 5.69 Å². The molecule has 2 aromatic carbocycles. The van der Waals surface area contributed by atoms with E-state index in [2.05, 4.69) is 55.4 Å². The monoisotopic (exact) mass is 440 g/mol. The second kappa shape index (κ2) is 9.09. The minimum Gasteiger partial charge on any atom is -0.369 e. The van der Waals surface area contributed by atoms with Crippen LogP contribution in [0.3, 0.4) is 0 Å². The first-order valence-corrected chi connectivity index (χ1v) is 11.1. The zero-order chi connectivity index (χ0) is 22.8. The van der Waals surface area contributed by atoms with Crippen molar-refractivity contribution < 1.29 is 9.72 Å². The molecule has 0 bridgehead atoms. The standard InChI is InChI=1S/C23H28N4O3S/c1-15-10-21-20(16(2)12-23(3,4)26(21)5)11-17(15)13-24-25-22(28)14-31-19-8-6-18(7-9-19)27(29)30/h6-11,13,16H,12,14H2,1-5H3,(H,25,28)/b24-13-/t16-/m1/s1. The van der Waals surface area contributed by atoms with Crippen molar-refractivity contribution in [3.8, 4) is 0 Å². The number of carbonyl (C=O) groups excluding carboxylic acids is 1. The first kappa shape index (κ1) is 22.8. The highest BCUT2D eigenvalue weighted by molar-refractivity contribution is 8.00. The number of carbonyl (C=O) groups is 1. The number of nitrogens with zero attached hydrogens (tertiary/aromatic N) is 3. The van der Waals surface area contributed by atoms with Gasteiger partial charge in [-0.3, -0.25) is 14.9 Å². The van der Waals surface area contributed by atoms with Crippen molar-refractivity contribution in [3.63, 3.8) is 0 Å². The average Bonchev–Trinajstić information content (AvgIpc) is 2.71. The molecular weight excluding hydrogens is 412 g/mol. The van der Waals surface area contributed by atoms with E-state index in [9.17, 15) is 14.9 Å². The Kier molecular flexibility index (Phi) is 6.69. The number of hydrazone groups is 1. The molecule has 0 spiro atoms. The van der Waals surface area contributed by atoms with Gasteiger partial charge < -0.3 is 4.90 Å². The van der Waals surface area contributed by atoms with Crippen LogP contribution in [-0.4, -0.2) is 35.4 Å². The largest absolute Gasteiger partial charge is 0.369 e. The number of anilines is 1. The number of rotatable bonds is 6. The molecule has 0 aromatic heterocycles. The Morgan fingerprint density at radius 1 is 1.35 bits per heavy atom. The summed E-state index contributed by atoms with van der Waals surface area (Å²) in [6, 6.07) is 10.5. The Bertz CT molecular complexity index is 1020. The summed E-state index contributed by atoms with van der Waals surface area (Å²) in [6.45, 7) is 8.83. The third kappa shape index (κ3) is 5.25. The minimum absolute atomic E-state index is 0.0305. The topological polar surface area (TPSA) is 87.8 Å². The van der Waals surface area contributed by atoms with Gasteiger partial charge in [-0.2, -0.15) is 5.10 Å². The number of hydrogen-bond donors (Lipinski definition) is 1. The van der Waals surface area contributed by atoms with Crippen LogP contribution in [-0.2, 0) is 4.79 Å². The lowest BCUT2D eigenvalue weighted by molar-refractivity contribution is -0.384. The van der Waals surface area contributed by atoms with Crippen molar-refractivity contribution in [2.75, 3.05) is 17.7 Å². The normalized spacial score (nSPS) is 17.5. The van der Waals surface area contributed by atoms with Crippen LogP contribution in [0, 0.1) is 17.0 Å². The van der Waals surface area contributed by atoms with Crippen molar-refractivity contribution in [2.45, 2.75) is 50.5 Å². The molecule has 1 aliphatic heterocycles. The highest BCUT2D eigenvalue weighted by Gasteiger charge is 2.34. The fourth-order valence-electron chi connectivity index (χ4n) is 3.89. The van der Waals surface area contributed by atoms with Gasteiger partial charge in [-0.25, -0.2) is 5.43 Å². The molecule has 8 heteroatoms. The molecule has 0 radical (unpaired) electrons. The Hall–Kier alpha value is -2.87. The number of thioether (sulfide) groups is 1. The minimum atomic E-state index is -0.446. The number of benzene rings is 2. The van der Waals surface area contributed by atoms with Gasteiger partial charge in [0, 0.05) is 35.3 Å². The Morgan fingerprint density at radius 2 is 2.03 bits per heavy atom. The van der Waals surface area contributed by atoms with Crippen molar-refractivity contribution in [1.82, 2.24) is 5.43 Å². The summed E-state index contributed by atoms with van der Waals surface area (Å²) < 4.78 is 0. The van der Waals surface area contributed by atoms with E-state index in [1.54, 1.807) is 18.3 Å². The third-order valence-corrected chi connectivity index (χ3v) is 6.84. The van der Waals surface area contributed by atoms with E-state index in [-0.39, 0.29) is 22.9 Å². The van der Waals surface area contributed by atoms with Gasteiger partial charge >= 0.3 is 0 Å². The lowest BCUT2D eigenvalue weighted by atomic mass is 9.79. The van der Waals surface area contributed by atoms with Gasteiger partial charge in [-0.05, 0) is 74.1 Å². The van der Waals surface area contributed by atoms with E-state index in [4.69, 9.17) is 0 Å². The highest BCUT2D eigenvalue weighted by atomic mass is 32.2. The fourth-order valence-corrected chi connectivity index (χ4v) is 4.58. The Balaban J connectivity index is 1.61.